The number of rotatable bonds is 4. The first-order chi connectivity index (χ1) is 9.41. The van der Waals surface area contributed by atoms with Gasteiger partial charge in [-0.25, -0.2) is 8.42 Å². The molecule has 5 nitrogen and oxygen atoms in total. The van der Waals surface area contributed by atoms with Crippen molar-refractivity contribution >= 4 is 21.6 Å². The van der Waals surface area contributed by atoms with Crippen LogP contribution < -0.4 is 5.56 Å². The minimum absolute atomic E-state index is 0.0412. The highest BCUT2D eigenvalue weighted by Gasteiger charge is 2.21. The monoisotopic (exact) mass is 312 g/mol. The molecule has 0 atom stereocenters. The number of halogens is 1. The number of H-pyrrole nitrogens is 1. The maximum Gasteiger partial charge on any atom is 0.266 e. The Hall–Kier alpha value is -1.63. The Kier molecular flexibility index (Phi) is 4.27. The van der Waals surface area contributed by atoms with Crippen LogP contribution in [0.4, 0.5) is 0 Å². The van der Waals surface area contributed by atoms with Crippen molar-refractivity contribution in [2.24, 2.45) is 0 Å². The zero-order valence-electron chi connectivity index (χ0n) is 10.7. The van der Waals surface area contributed by atoms with Crippen LogP contribution in [0.5, 0.6) is 0 Å². The van der Waals surface area contributed by atoms with E-state index < -0.39 is 15.6 Å². The summed E-state index contributed by atoms with van der Waals surface area (Å²) < 4.78 is 25.9. The van der Waals surface area contributed by atoms with Gasteiger partial charge < -0.3 is 4.98 Å². The van der Waals surface area contributed by atoms with Crippen LogP contribution in [0.3, 0.4) is 0 Å². The number of hydrogen-bond acceptors (Lipinski definition) is 3. The number of aromatic amines is 1. The average Bonchev–Trinajstić information content (AvgIpc) is 2.42. The first kappa shape index (κ1) is 14.8. The fourth-order valence-corrected chi connectivity index (χ4v) is 3.08. The lowest BCUT2D eigenvalue weighted by molar-refractivity contribution is 0.466. The zero-order valence-corrected chi connectivity index (χ0v) is 12.3. The van der Waals surface area contributed by atoms with Gasteiger partial charge in [0.25, 0.3) is 5.56 Å². The Morgan fingerprint density at radius 1 is 1.25 bits per heavy atom. The van der Waals surface area contributed by atoms with E-state index in [4.69, 9.17) is 11.6 Å². The third-order valence-corrected chi connectivity index (χ3v) is 4.85. The molecule has 0 saturated heterocycles. The number of hydrogen-bond donors (Lipinski definition) is 1. The van der Waals surface area contributed by atoms with Gasteiger partial charge in [0.2, 0.25) is 10.0 Å². The molecule has 0 saturated carbocycles. The van der Waals surface area contributed by atoms with Gasteiger partial charge in [-0.2, -0.15) is 4.31 Å². The highest BCUT2D eigenvalue weighted by atomic mass is 35.5. The highest BCUT2D eigenvalue weighted by Crippen LogP contribution is 2.17. The summed E-state index contributed by atoms with van der Waals surface area (Å²) in [5.41, 5.74) is 0.352. The Balaban J connectivity index is 2.30. The topological polar surface area (TPSA) is 70.2 Å². The van der Waals surface area contributed by atoms with Crippen LogP contribution >= 0.6 is 11.6 Å². The molecule has 0 radical (unpaired) electrons. The lowest BCUT2D eigenvalue weighted by Gasteiger charge is -2.17. The Bertz CT molecular complexity index is 757. The molecule has 106 valence electrons. The Morgan fingerprint density at radius 2 is 1.90 bits per heavy atom. The van der Waals surface area contributed by atoms with Crippen LogP contribution in [0.2, 0.25) is 5.02 Å². The van der Waals surface area contributed by atoms with E-state index in [1.807, 2.05) is 30.3 Å². The van der Waals surface area contributed by atoms with Crippen molar-refractivity contribution in [1.82, 2.24) is 9.29 Å². The standard InChI is InChI=1S/C13H13ClN2O3S/c1-16(9-10-5-3-2-4-6-10)20(18,19)11-7-12(14)13(17)15-8-11/h2-8H,9H2,1H3,(H,15,17). The number of pyridine rings is 1. The molecule has 1 N–H and O–H groups in total. The fourth-order valence-electron chi connectivity index (χ4n) is 1.69. The van der Waals surface area contributed by atoms with Crippen molar-refractivity contribution < 1.29 is 8.42 Å². The number of benzene rings is 1. The maximum absolute atomic E-state index is 12.3. The van der Waals surface area contributed by atoms with E-state index in [0.717, 1.165) is 17.8 Å². The molecule has 20 heavy (non-hydrogen) atoms. The minimum atomic E-state index is -3.70. The molecule has 0 fully saturated rings. The van der Waals surface area contributed by atoms with Gasteiger partial charge in [-0.3, -0.25) is 4.79 Å². The van der Waals surface area contributed by atoms with Gasteiger partial charge in [0, 0.05) is 19.8 Å². The molecule has 1 heterocycles. The van der Waals surface area contributed by atoms with E-state index in [-0.39, 0.29) is 16.5 Å². The first-order valence-electron chi connectivity index (χ1n) is 5.80. The van der Waals surface area contributed by atoms with Gasteiger partial charge in [0.05, 0.1) is 4.90 Å². The van der Waals surface area contributed by atoms with E-state index in [1.54, 1.807) is 0 Å². The highest BCUT2D eigenvalue weighted by molar-refractivity contribution is 7.89. The molecule has 0 aliphatic rings. The second-order valence-corrected chi connectivity index (χ2v) is 6.71. The number of nitrogens with zero attached hydrogens (tertiary/aromatic N) is 1. The van der Waals surface area contributed by atoms with Crippen molar-refractivity contribution in [2.75, 3.05) is 7.05 Å². The van der Waals surface area contributed by atoms with Crippen LogP contribution in [-0.4, -0.2) is 24.8 Å². The van der Waals surface area contributed by atoms with Gasteiger partial charge >= 0.3 is 0 Å². The summed E-state index contributed by atoms with van der Waals surface area (Å²) in [5.74, 6) is 0. The predicted octanol–water partition coefficient (Wildman–Crippen LogP) is 1.85. The van der Waals surface area contributed by atoms with Crippen LogP contribution in [-0.2, 0) is 16.6 Å². The average molecular weight is 313 g/mol. The summed E-state index contributed by atoms with van der Waals surface area (Å²) in [7, 11) is -2.22. The predicted molar refractivity (Wildman–Crippen MR) is 77.2 cm³/mol. The summed E-state index contributed by atoms with van der Waals surface area (Å²) in [5, 5.41) is -0.154. The molecule has 0 aliphatic heterocycles. The second-order valence-electron chi connectivity index (χ2n) is 4.26. The van der Waals surface area contributed by atoms with Crippen LogP contribution in [0.15, 0.2) is 52.3 Å². The van der Waals surface area contributed by atoms with Crippen molar-refractivity contribution in [2.45, 2.75) is 11.4 Å². The van der Waals surface area contributed by atoms with Gasteiger partial charge in [0.15, 0.2) is 0 Å². The molecule has 0 bridgehead atoms. The van der Waals surface area contributed by atoms with E-state index in [2.05, 4.69) is 4.98 Å². The number of aromatic nitrogens is 1. The number of nitrogens with one attached hydrogen (secondary N) is 1. The summed E-state index contributed by atoms with van der Waals surface area (Å²) in [6, 6.07) is 10.4. The summed E-state index contributed by atoms with van der Waals surface area (Å²) in [6.07, 6.45) is 1.14. The summed E-state index contributed by atoms with van der Waals surface area (Å²) >= 11 is 5.66. The molecule has 2 rings (SSSR count). The third kappa shape index (κ3) is 3.09. The first-order valence-corrected chi connectivity index (χ1v) is 7.61. The van der Waals surface area contributed by atoms with Gasteiger partial charge in [-0.15, -0.1) is 0 Å². The molecule has 0 unspecified atom stereocenters. The normalized spacial score (nSPS) is 11.8. The summed E-state index contributed by atoms with van der Waals surface area (Å²) in [4.78, 5) is 13.4. The molecule has 1 aromatic carbocycles. The van der Waals surface area contributed by atoms with Crippen LogP contribution in [0.1, 0.15) is 5.56 Å². The van der Waals surface area contributed by atoms with E-state index in [1.165, 1.54) is 11.4 Å². The van der Waals surface area contributed by atoms with E-state index in [9.17, 15) is 13.2 Å². The second kappa shape index (κ2) is 5.78. The van der Waals surface area contributed by atoms with Gasteiger partial charge in [-0.05, 0) is 11.6 Å². The largest absolute Gasteiger partial charge is 0.326 e. The lowest BCUT2D eigenvalue weighted by atomic mass is 10.2. The fraction of sp³-hybridized carbons (Fsp3) is 0.154. The molecular weight excluding hydrogens is 300 g/mol. The Labute approximate surface area is 121 Å². The lowest BCUT2D eigenvalue weighted by Crippen LogP contribution is -2.27. The van der Waals surface area contributed by atoms with Crippen LogP contribution in [0.25, 0.3) is 0 Å². The van der Waals surface area contributed by atoms with Crippen molar-refractivity contribution in [3.8, 4) is 0 Å². The van der Waals surface area contributed by atoms with Crippen molar-refractivity contribution in [3.05, 3.63) is 63.5 Å². The van der Waals surface area contributed by atoms with Gasteiger partial charge in [-0.1, -0.05) is 41.9 Å². The smallest absolute Gasteiger partial charge is 0.266 e. The molecule has 7 heteroatoms. The van der Waals surface area contributed by atoms with Crippen LogP contribution in [0, 0.1) is 0 Å². The zero-order chi connectivity index (χ0) is 14.8. The Morgan fingerprint density at radius 3 is 2.50 bits per heavy atom. The maximum atomic E-state index is 12.3. The third-order valence-electron chi connectivity index (χ3n) is 2.79. The van der Waals surface area contributed by atoms with Gasteiger partial charge in [0.1, 0.15) is 5.02 Å². The summed E-state index contributed by atoms with van der Waals surface area (Å²) in [6.45, 7) is 0.236. The minimum Gasteiger partial charge on any atom is -0.326 e. The van der Waals surface area contributed by atoms with Crippen molar-refractivity contribution in [3.63, 3.8) is 0 Å². The van der Waals surface area contributed by atoms with E-state index in [0.29, 0.717) is 0 Å². The molecular formula is C13H13ClN2O3S. The molecule has 1 aromatic heterocycles. The number of sulfonamides is 1. The van der Waals surface area contributed by atoms with Crippen molar-refractivity contribution in [1.29, 1.82) is 0 Å². The molecule has 2 aromatic rings. The molecule has 0 amide bonds. The molecule has 0 aliphatic carbocycles. The molecule has 0 spiro atoms. The quantitative estimate of drug-likeness (QED) is 0.936. The SMILES string of the molecule is CN(Cc1ccccc1)S(=O)(=O)c1c[nH]c(=O)c(Cl)c1. The van der Waals surface area contributed by atoms with E-state index >= 15 is 0 Å².